The van der Waals surface area contributed by atoms with Crippen molar-refractivity contribution in [2.75, 3.05) is 7.11 Å². The summed E-state index contributed by atoms with van der Waals surface area (Å²) in [6.07, 6.45) is 7.08. The van der Waals surface area contributed by atoms with Gasteiger partial charge in [-0.1, -0.05) is 18.2 Å². The lowest BCUT2D eigenvalue weighted by Crippen LogP contribution is -2.27. The predicted molar refractivity (Wildman–Crippen MR) is 74.0 cm³/mol. The largest absolute Gasteiger partial charge is 0.497 e. The molecule has 2 rings (SSSR count). The van der Waals surface area contributed by atoms with Crippen LogP contribution in [0.2, 0.25) is 0 Å². The highest BCUT2D eigenvalue weighted by molar-refractivity contribution is 6.06. The molecule has 3 nitrogen and oxygen atoms in total. The summed E-state index contributed by atoms with van der Waals surface area (Å²) in [7, 11) is 3.52. The lowest BCUT2D eigenvalue weighted by Gasteiger charge is -1.99. The van der Waals surface area contributed by atoms with Gasteiger partial charge in [-0.2, -0.15) is 0 Å². The van der Waals surface area contributed by atoms with Gasteiger partial charge in [0.05, 0.1) is 12.7 Å². The fraction of sp³-hybridized carbons (Fsp3) is 0.125. The van der Waals surface area contributed by atoms with Crippen LogP contribution in [0, 0.1) is 0 Å². The van der Waals surface area contributed by atoms with Crippen LogP contribution in [0.1, 0.15) is 15.9 Å². The average molecular weight is 254 g/mol. The van der Waals surface area contributed by atoms with Crippen molar-refractivity contribution in [3.05, 3.63) is 66.0 Å². The van der Waals surface area contributed by atoms with E-state index >= 15 is 0 Å². The summed E-state index contributed by atoms with van der Waals surface area (Å²) in [6, 6.07) is 11.2. The van der Waals surface area contributed by atoms with Crippen LogP contribution in [0.3, 0.4) is 0 Å². The first kappa shape index (κ1) is 13.0. The Morgan fingerprint density at radius 2 is 1.95 bits per heavy atom. The Kier molecular flexibility index (Phi) is 4.08. The van der Waals surface area contributed by atoms with Crippen LogP contribution in [-0.4, -0.2) is 12.9 Å². The Labute approximate surface area is 112 Å². The van der Waals surface area contributed by atoms with Crippen LogP contribution < -0.4 is 9.30 Å². The van der Waals surface area contributed by atoms with E-state index in [0.717, 1.165) is 11.3 Å². The summed E-state index contributed by atoms with van der Waals surface area (Å²) in [6.45, 7) is 0. The number of aromatic nitrogens is 1. The van der Waals surface area contributed by atoms with Gasteiger partial charge in [0.2, 0.25) is 0 Å². The second-order valence-corrected chi connectivity index (χ2v) is 4.23. The zero-order valence-corrected chi connectivity index (χ0v) is 11.0. The fourth-order valence-corrected chi connectivity index (χ4v) is 1.72. The summed E-state index contributed by atoms with van der Waals surface area (Å²) < 4.78 is 6.94. The highest BCUT2D eigenvalue weighted by Crippen LogP contribution is 2.12. The van der Waals surface area contributed by atoms with Crippen LogP contribution in [-0.2, 0) is 7.05 Å². The van der Waals surface area contributed by atoms with E-state index in [1.54, 1.807) is 31.5 Å². The number of carbonyl (C=O) groups is 1. The van der Waals surface area contributed by atoms with Gasteiger partial charge in [-0.15, -0.1) is 0 Å². The smallest absolute Gasteiger partial charge is 0.191 e. The third kappa shape index (κ3) is 3.52. The summed E-state index contributed by atoms with van der Waals surface area (Å²) in [4.78, 5) is 12.0. The number of pyridine rings is 1. The molecule has 0 saturated carbocycles. The Bertz CT molecular complexity index is 600. The monoisotopic (exact) mass is 254 g/mol. The quantitative estimate of drug-likeness (QED) is 0.476. The molecule has 19 heavy (non-hydrogen) atoms. The number of hydrogen-bond acceptors (Lipinski definition) is 2. The predicted octanol–water partition coefficient (Wildman–Crippen LogP) is 2.42. The molecular formula is C16H16NO2+. The molecule has 0 aliphatic heterocycles. The number of hydrogen-bond donors (Lipinski definition) is 0. The van der Waals surface area contributed by atoms with Gasteiger partial charge in [-0.3, -0.25) is 4.79 Å². The molecule has 0 saturated heterocycles. The Hall–Kier alpha value is -2.42. The van der Waals surface area contributed by atoms with Gasteiger partial charge in [0.1, 0.15) is 12.8 Å². The summed E-state index contributed by atoms with van der Waals surface area (Å²) in [5.41, 5.74) is 1.64. The molecular weight excluding hydrogens is 238 g/mol. The van der Waals surface area contributed by atoms with Gasteiger partial charge >= 0.3 is 0 Å². The summed E-state index contributed by atoms with van der Waals surface area (Å²) in [5, 5.41) is 0. The van der Waals surface area contributed by atoms with Gasteiger partial charge in [0.15, 0.2) is 18.2 Å². The van der Waals surface area contributed by atoms with Crippen LogP contribution >= 0.6 is 0 Å². The first-order valence-electron chi connectivity index (χ1n) is 6.01. The Morgan fingerprint density at radius 1 is 1.21 bits per heavy atom. The zero-order valence-electron chi connectivity index (χ0n) is 11.0. The van der Waals surface area contributed by atoms with Crippen molar-refractivity contribution >= 4 is 11.9 Å². The second kappa shape index (κ2) is 5.96. The van der Waals surface area contributed by atoms with Gasteiger partial charge in [-0.05, 0) is 29.8 Å². The van der Waals surface area contributed by atoms with E-state index in [-0.39, 0.29) is 5.78 Å². The Morgan fingerprint density at radius 3 is 2.58 bits per heavy atom. The molecule has 0 radical (unpaired) electrons. The maximum absolute atomic E-state index is 12.0. The van der Waals surface area contributed by atoms with Crippen LogP contribution in [0.25, 0.3) is 6.08 Å². The minimum absolute atomic E-state index is 0.00739. The van der Waals surface area contributed by atoms with E-state index in [2.05, 4.69) is 0 Å². The lowest BCUT2D eigenvalue weighted by molar-refractivity contribution is -0.671. The molecule has 0 amide bonds. The van der Waals surface area contributed by atoms with Crippen LogP contribution in [0.15, 0.2) is 54.9 Å². The Balaban J connectivity index is 2.11. The molecule has 2 aromatic rings. The standard InChI is InChI=1S/C16H16NO2/c1-17-11-3-4-14(12-17)16(18)10-7-13-5-8-15(19-2)9-6-13/h3-12H,1-2H3/q+1/b10-7-. The number of rotatable bonds is 4. The van der Waals surface area contributed by atoms with Crippen molar-refractivity contribution in [2.24, 2.45) is 7.05 Å². The normalized spacial score (nSPS) is 10.6. The number of benzene rings is 1. The topological polar surface area (TPSA) is 30.2 Å². The minimum Gasteiger partial charge on any atom is -0.497 e. The molecule has 0 unspecified atom stereocenters. The number of methoxy groups -OCH3 is 1. The van der Waals surface area contributed by atoms with Crippen molar-refractivity contribution in [3.63, 3.8) is 0 Å². The molecule has 3 heteroatoms. The van der Waals surface area contributed by atoms with E-state index < -0.39 is 0 Å². The SMILES string of the molecule is COc1ccc(/C=C\C(=O)c2ccc[n+](C)c2)cc1. The van der Waals surface area contributed by atoms with Gasteiger partial charge < -0.3 is 4.74 Å². The zero-order chi connectivity index (χ0) is 13.7. The highest BCUT2D eigenvalue weighted by Gasteiger charge is 2.05. The molecule has 0 spiro atoms. The number of allylic oxidation sites excluding steroid dienone is 1. The maximum atomic E-state index is 12.0. The summed E-state index contributed by atoms with van der Waals surface area (Å²) in [5.74, 6) is 0.797. The molecule has 0 fully saturated rings. The van der Waals surface area contributed by atoms with Crippen molar-refractivity contribution in [3.8, 4) is 5.75 Å². The van der Waals surface area contributed by atoms with Crippen molar-refractivity contribution in [2.45, 2.75) is 0 Å². The van der Waals surface area contributed by atoms with E-state index in [1.807, 2.05) is 48.1 Å². The van der Waals surface area contributed by atoms with E-state index in [9.17, 15) is 4.79 Å². The average Bonchev–Trinajstić information content (AvgIpc) is 2.45. The molecule has 0 atom stereocenters. The third-order valence-corrected chi connectivity index (χ3v) is 2.77. The number of ketones is 1. The van der Waals surface area contributed by atoms with E-state index in [1.165, 1.54) is 0 Å². The van der Waals surface area contributed by atoms with Crippen molar-refractivity contribution in [1.29, 1.82) is 0 Å². The summed E-state index contributed by atoms with van der Waals surface area (Å²) >= 11 is 0. The van der Waals surface area contributed by atoms with Crippen molar-refractivity contribution < 1.29 is 14.1 Å². The molecule has 0 bridgehead atoms. The molecule has 1 aromatic carbocycles. The second-order valence-electron chi connectivity index (χ2n) is 4.23. The molecule has 0 aliphatic rings. The first-order valence-corrected chi connectivity index (χ1v) is 6.01. The molecule has 1 aromatic heterocycles. The van der Waals surface area contributed by atoms with E-state index in [0.29, 0.717) is 5.56 Å². The number of nitrogens with zero attached hydrogens (tertiary/aromatic N) is 1. The lowest BCUT2D eigenvalue weighted by atomic mass is 10.1. The van der Waals surface area contributed by atoms with Gasteiger partial charge in [0, 0.05) is 6.07 Å². The number of carbonyl (C=O) groups excluding carboxylic acids is 1. The fourth-order valence-electron chi connectivity index (χ4n) is 1.72. The van der Waals surface area contributed by atoms with E-state index in [4.69, 9.17) is 4.74 Å². The van der Waals surface area contributed by atoms with Crippen LogP contribution in [0.4, 0.5) is 0 Å². The molecule has 96 valence electrons. The maximum Gasteiger partial charge on any atom is 0.191 e. The first-order chi connectivity index (χ1) is 9.19. The van der Waals surface area contributed by atoms with Gasteiger partial charge in [-0.25, -0.2) is 4.57 Å². The third-order valence-electron chi connectivity index (χ3n) is 2.77. The van der Waals surface area contributed by atoms with Crippen LogP contribution in [0.5, 0.6) is 5.75 Å². The minimum atomic E-state index is -0.00739. The van der Waals surface area contributed by atoms with Gasteiger partial charge in [0.25, 0.3) is 0 Å². The highest BCUT2D eigenvalue weighted by atomic mass is 16.5. The van der Waals surface area contributed by atoms with Crippen molar-refractivity contribution in [1.82, 2.24) is 0 Å². The molecule has 1 heterocycles. The number of aryl methyl sites for hydroxylation is 1. The molecule has 0 N–H and O–H groups in total. The number of ether oxygens (including phenoxy) is 1. The molecule has 0 aliphatic carbocycles.